The van der Waals surface area contributed by atoms with Crippen LogP contribution < -0.4 is 5.43 Å². The predicted octanol–water partition coefficient (Wildman–Crippen LogP) is 3.24. The van der Waals surface area contributed by atoms with Crippen LogP contribution in [-0.2, 0) is 0 Å². The van der Waals surface area contributed by atoms with Crippen LogP contribution in [0, 0.1) is 39.7 Å². The van der Waals surface area contributed by atoms with Crippen LogP contribution in [0.25, 0.3) is 0 Å². The van der Waals surface area contributed by atoms with Crippen LogP contribution in [0.3, 0.4) is 0 Å². The van der Waals surface area contributed by atoms with Gasteiger partial charge >= 0.3 is 0 Å². The minimum atomic E-state index is -0.531. The predicted molar refractivity (Wildman–Crippen MR) is 75.5 cm³/mol. The Bertz CT molecular complexity index is 641. The van der Waals surface area contributed by atoms with E-state index in [0.717, 1.165) is 0 Å². The summed E-state index contributed by atoms with van der Waals surface area (Å²) in [5.74, 6) is 0. The van der Waals surface area contributed by atoms with Gasteiger partial charge in [0.1, 0.15) is 12.1 Å². The number of anilines is 1. The molecule has 0 saturated carbocycles. The van der Waals surface area contributed by atoms with E-state index in [4.69, 9.17) is 10.5 Å². The molecule has 0 radical (unpaired) electrons. The number of hydrogen-bond acceptors (Lipinski definition) is 6. The summed E-state index contributed by atoms with van der Waals surface area (Å²) in [6, 6.07) is 4.64. The number of nitro benzene ring substituents is 1. The van der Waals surface area contributed by atoms with E-state index in [-0.39, 0.29) is 11.4 Å². The molecule has 1 aromatic rings. The SMILES string of the molecule is Cc1c(NN=C(C#N)C#N)c(Br)cc(Br)c1[N+](=O)[O-]. The topological polar surface area (TPSA) is 115 Å². The molecule has 0 saturated heterocycles. The average Bonchev–Trinajstić information content (AvgIpc) is 2.32. The molecule has 0 aliphatic carbocycles. The van der Waals surface area contributed by atoms with Gasteiger partial charge in [0, 0.05) is 4.47 Å². The van der Waals surface area contributed by atoms with E-state index < -0.39 is 4.92 Å². The molecule has 1 aromatic carbocycles. The third-order valence-corrected chi connectivity index (χ3v) is 3.35. The van der Waals surface area contributed by atoms with Crippen LogP contribution in [0.2, 0.25) is 0 Å². The number of hydrogen-bond donors (Lipinski definition) is 1. The molecule has 0 spiro atoms. The first-order valence-electron chi connectivity index (χ1n) is 4.69. The Morgan fingerprint density at radius 2 is 2.00 bits per heavy atom. The number of halogens is 2. The fourth-order valence-electron chi connectivity index (χ4n) is 1.28. The lowest BCUT2D eigenvalue weighted by molar-refractivity contribution is -0.386. The number of nitriles is 2. The molecule has 19 heavy (non-hydrogen) atoms. The number of nitro groups is 1. The number of nitrogens with zero attached hydrogens (tertiary/aromatic N) is 4. The maximum atomic E-state index is 10.9. The van der Waals surface area contributed by atoms with Crippen molar-refractivity contribution >= 4 is 48.9 Å². The van der Waals surface area contributed by atoms with Crippen LogP contribution in [0.15, 0.2) is 20.1 Å². The molecule has 0 amide bonds. The largest absolute Gasteiger partial charge is 0.288 e. The summed E-state index contributed by atoms with van der Waals surface area (Å²) in [5.41, 5.74) is 2.63. The minimum Gasteiger partial charge on any atom is -0.275 e. The van der Waals surface area contributed by atoms with Crippen LogP contribution in [0.4, 0.5) is 11.4 Å². The molecule has 0 aromatic heterocycles. The second-order valence-corrected chi connectivity index (χ2v) is 4.95. The average molecular weight is 387 g/mol. The molecule has 0 atom stereocenters. The zero-order chi connectivity index (χ0) is 14.6. The summed E-state index contributed by atoms with van der Waals surface area (Å²) in [4.78, 5) is 10.4. The van der Waals surface area contributed by atoms with Crippen molar-refractivity contribution in [2.24, 2.45) is 5.10 Å². The number of hydrazone groups is 1. The van der Waals surface area contributed by atoms with E-state index in [0.29, 0.717) is 20.2 Å². The molecule has 0 heterocycles. The van der Waals surface area contributed by atoms with Gasteiger partial charge in [-0.2, -0.15) is 15.6 Å². The Hall–Kier alpha value is -1.97. The molecule has 7 nitrogen and oxygen atoms in total. The van der Waals surface area contributed by atoms with E-state index in [2.05, 4.69) is 42.4 Å². The summed E-state index contributed by atoms with van der Waals surface area (Å²) < 4.78 is 0.832. The molecule has 0 aliphatic heterocycles. The smallest absolute Gasteiger partial charge is 0.275 e. The molecule has 9 heteroatoms. The summed E-state index contributed by atoms with van der Waals surface area (Å²) in [6.45, 7) is 1.53. The van der Waals surface area contributed by atoms with Crippen molar-refractivity contribution < 1.29 is 4.92 Å². The first-order valence-corrected chi connectivity index (χ1v) is 6.27. The molecular weight excluding hydrogens is 382 g/mol. The zero-order valence-electron chi connectivity index (χ0n) is 9.44. The van der Waals surface area contributed by atoms with E-state index in [9.17, 15) is 10.1 Å². The van der Waals surface area contributed by atoms with Crippen molar-refractivity contribution in [1.29, 1.82) is 10.5 Å². The summed E-state index contributed by atoms with van der Waals surface area (Å²) in [7, 11) is 0. The summed E-state index contributed by atoms with van der Waals surface area (Å²) in [5, 5.41) is 31.6. The zero-order valence-corrected chi connectivity index (χ0v) is 12.6. The molecule has 96 valence electrons. The van der Waals surface area contributed by atoms with Gasteiger partial charge in [0.15, 0.2) is 0 Å². The van der Waals surface area contributed by atoms with E-state index in [1.54, 1.807) is 12.1 Å². The van der Waals surface area contributed by atoms with Crippen LogP contribution in [0.5, 0.6) is 0 Å². The molecule has 0 aliphatic rings. The van der Waals surface area contributed by atoms with E-state index >= 15 is 0 Å². The van der Waals surface area contributed by atoms with Gasteiger partial charge in [-0.05, 0) is 44.8 Å². The van der Waals surface area contributed by atoms with Gasteiger partial charge in [-0.15, -0.1) is 0 Å². The standard InChI is InChI=1S/C10H5Br2N5O2/c1-5-9(16-15-6(3-13)4-14)7(11)2-8(12)10(5)17(18)19/h2,16H,1H3. The van der Waals surface area contributed by atoms with Crippen molar-refractivity contribution in [3.63, 3.8) is 0 Å². The monoisotopic (exact) mass is 385 g/mol. The lowest BCUT2D eigenvalue weighted by Gasteiger charge is -2.09. The highest BCUT2D eigenvalue weighted by atomic mass is 79.9. The Morgan fingerprint density at radius 1 is 1.42 bits per heavy atom. The van der Waals surface area contributed by atoms with Crippen molar-refractivity contribution in [3.05, 3.63) is 30.7 Å². The van der Waals surface area contributed by atoms with Crippen LogP contribution in [-0.4, -0.2) is 10.6 Å². The Kier molecular flexibility index (Phi) is 4.98. The maximum Gasteiger partial charge on any atom is 0.288 e. The number of benzene rings is 1. The Morgan fingerprint density at radius 3 is 2.47 bits per heavy atom. The molecular formula is C10H5Br2N5O2. The highest BCUT2D eigenvalue weighted by Crippen LogP contribution is 2.38. The normalized spacial score (nSPS) is 9.11. The van der Waals surface area contributed by atoms with Crippen molar-refractivity contribution in [3.8, 4) is 12.1 Å². The van der Waals surface area contributed by atoms with Crippen molar-refractivity contribution in [1.82, 2.24) is 0 Å². The van der Waals surface area contributed by atoms with Gasteiger partial charge in [-0.25, -0.2) is 0 Å². The number of rotatable bonds is 3. The second kappa shape index (κ2) is 6.27. The first kappa shape index (κ1) is 15.1. The fourth-order valence-corrected chi connectivity index (χ4v) is 2.87. The quantitative estimate of drug-likeness (QED) is 0.486. The summed E-state index contributed by atoms with van der Waals surface area (Å²) >= 11 is 6.33. The van der Waals surface area contributed by atoms with E-state index in [1.165, 1.54) is 13.0 Å². The van der Waals surface area contributed by atoms with Crippen molar-refractivity contribution in [2.75, 3.05) is 5.43 Å². The lowest BCUT2D eigenvalue weighted by Crippen LogP contribution is -2.02. The van der Waals surface area contributed by atoms with Gasteiger partial charge in [0.2, 0.25) is 5.71 Å². The van der Waals surface area contributed by atoms with Gasteiger partial charge in [-0.1, -0.05) is 0 Å². The highest BCUT2D eigenvalue weighted by Gasteiger charge is 2.21. The second-order valence-electron chi connectivity index (χ2n) is 3.24. The van der Waals surface area contributed by atoms with Gasteiger partial charge in [-0.3, -0.25) is 15.5 Å². The highest BCUT2D eigenvalue weighted by molar-refractivity contribution is 9.11. The lowest BCUT2D eigenvalue weighted by atomic mass is 10.1. The fraction of sp³-hybridized carbons (Fsp3) is 0.100. The van der Waals surface area contributed by atoms with Gasteiger partial charge in [0.25, 0.3) is 5.69 Å². The molecule has 1 N–H and O–H groups in total. The third-order valence-electron chi connectivity index (χ3n) is 2.12. The molecule has 0 unspecified atom stereocenters. The Labute approximate surface area is 124 Å². The van der Waals surface area contributed by atoms with Crippen LogP contribution >= 0.6 is 31.9 Å². The Balaban J connectivity index is 3.35. The molecule has 0 fully saturated rings. The van der Waals surface area contributed by atoms with Crippen LogP contribution in [0.1, 0.15) is 5.56 Å². The molecule has 0 bridgehead atoms. The summed E-state index contributed by atoms with van der Waals surface area (Å²) in [6.07, 6.45) is 0. The minimum absolute atomic E-state index is 0.114. The van der Waals surface area contributed by atoms with Crippen molar-refractivity contribution in [2.45, 2.75) is 6.92 Å². The number of nitrogens with one attached hydrogen (secondary N) is 1. The molecule has 1 rings (SSSR count). The van der Waals surface area contributed by atoms with Gasteiger partial charge in [0.05, 0.1) is 20.6 Å². The maximum absolute atomic E-state index is 10.9. The third kappa shape index (κ3) is 3.28. The van der Waals surface area contributed by atoms with Gasteiger partial charge < -0.3 is 0 Å². The first-order chi connectivity index (χ1) is 8.92. The van der Waals surface area contributed by atoms with E-state index in [1.807, 2.05) is 0 Å².